The first-order valence-corrected chi connectivity index (χ1v) is 14.5. The van der Waals surface area contributed by atoms with E-state index in [1.165, 1.54) is 7.11 Å². The molecular weight excluding hydrogens is 536 g/mol. The van der Waals surface area contributed by atoms with Gasteiger partial charge >= 0.3 is 12.1 Å². The SMILES string of the molecule is COc1c(F)cc(F)c2nc(OCC3(CN4CCOCC4)CC3)nc(N3CC4CCC(C3)N4C(=O)OC(C)(C)C)c12. The number of fused-ring (bicyclic) bond motifs is 3. The molecule has 1 aliphatic carbocycles. The number of carbonyl (C=O) groups excluding carboxylic acids is 1. The molecule has 2 atom stereocenters. The number of aromatic nitrogens is 2. The van der Waals surface area contributed by atoms with E-state index in [4.69, 9.17) is 23.9 Å². The van der Waals surface area contributed by atoms with Gasteiger partial charge in [-0.3, -0.25) is 9.80 Å². The van der Waals surface area contributed by atoms with Crippen molar-refractivity contribution in [3.8, 4) is 11.8 Å². The van der Waals surface area contributed by atoms with Crippen molar-refractivity contribution in [1.82, 2.24) is 19.8 Å². The fraction of sp³-hybridized carbons (Fsp3) is 0.690. The number of rotatable bonds is 7. The highest BCUT2D eigenvalue weighted by Gasteiger charge is 2.47. The summed E-state index contributed by atoms with van der Waals surface area (Å²) in [5.74, 6) is -1.40. The second-order valence-corrected chi connectivity index (χ2v) is 12.8. The molecule has 3 aliphatic heterocycles. The minimum absolute atomic E-state index is 0.00695. The van der Waals surface area contributed by atoms with Crippen molar-refractivity contribution in [1.29, 1.82) is 0 Å². The zero-order valence-electron chi connectivity index (χ0n) is 24.3. The van der Waals surface area contributed by atoms with Crippen LogP contribution in [0.4, 0.5) is 19.4 Å². The van der Waals surface area contributed by atoms with E-state index in [9.17, 15) is 9.18 Å². The molecule has 12 heteroatoms. The highest BCUT2D eigenvalue weighted by molar-refractivity contribution is 5.96. The fourth-order valence-corrected chi connectivity index (χ4v) is 6.33. The Morgan fingerprint density at radius 1 is 1.10 bits per heavy atom. The van der Waals surface area contributed by atoms with Crippen LogP contribution in [0, 0.1) is 17.0 Å². The van der Waals surface area contributed by atoms with E-state index in [-0.39, 0.29) is 46.3 Å². The number of carbonyl (C=O) groups is 1. The molecule has 1 aromatic heterocycles. The Kier molecular flexibility index (Phi) is 7.34. The third kappa shape index (κ3) is 5.73. The summed E-state index contributed by atoms with van der Waals surface area (Å²) in [6.45, 7) is 11.0. The maximum Gasteiger partial charge on any atom is 0.410 e. The molecule has 10 nitrogen and oxygen atoms in total. The lowest BCUT2D eigenvalue weighted by molar-refractivity contribution is 0.0122. The van der Waals surface area contributed by atoms with Crippen LogP contribution in [-0.2, 0) is 9.47 Å². The van der Waals surface area contributed by atoms with Gasteiger partial charge in [-0.15, -0.1) is 0 Å². The number of piperazine rings is 1. The summed E-state index contributed by atoms with van der Waals surface area (Å²) >= 11 is 0. The van der Waals surface area contributed by atoms with E-state index in [1.807, 2.05) is 30.6 Å². The molecule has 0 spiro atoms. The van der Waals surface area contributed by atoms with Gasteiger partial charge in [-0.05, 0) is 46.5 Å². The number of nitrogens with zero attached hydrogens (tertiary/aromatic N) is 5. The largest absolute Gasteiger partial charge is 0.493 e. The Labute approximate surface area is 238 Å². The van der Waals surface area contributed by atoms with E-state index < -0.39 is 17.2 Å². The molecule has 1 amide bonds. The summed E-state index contributed by atoms with van der Waals surface area (Å²) in [7, 11) is 1.34. The van der Waals surface area contributed by atoms with Gasteiger partial charge in [0.05, 0.1) is 44.4 Å². The molecule has 1 saturated carbocycles. The van der Waals surface area contributed by atoms with Crippen molar-refractivity contribution in [3.63, 3.8) is 0 Å². The molecule has 2 bridgehead atoms. The number of hydrogen-bond donors (Lipinski definition) is 0. The molecule has 0 radical (unpaired) electrons. The molecule has 2 aromatic rings. The van der Waals surface area contributed by atoms with E-state index in [2.05, 4.69) is 9.88 Å². The minimum Gasteiger partial charge on any atom is -0.493 e. The predicted octanol–water partition coefficient (Wildman–Crippen LogP) is 4.00. The van der Waals surface area contributed by atoms with E-state index in [0.29, 0.717) is 25.5 Å². The van der Waals surface area contributed by atoms with Gasteiger partial charge in [0.25, 0.3) is 0 Å². The number of ether oxygens (including phenoxy) is 4. The first kappa shape index (κ1) is 28.1. The van der Waals surface area contributed by atoms with Gasteiger partial charge in [0, 0.05) is 44.2 Å². The highest BCUT2D eigenvalue weighted by atomic mass is 19.1. The maximum atomic E-state index is 15.2. The number of morpholine rings is 1. The number of anilines is 1. The Balaban J connectivity index is 1.29. The number of halogens is 2. The summed E-state index contributed by atoms with van der Waals surface area (Å²) in [6, 6.07) is 0.596. The predicted molar refractivity (Wildman–Crippen MR) is 148 cm³/mol. The van der Waals surface area contributed by atoms with Gasteiger partial charge in [0.2, 0.25) is 0 Å². The Hall–Kier alpha value is -2.99. The molecule has 3 saturated heterocycles. The van der Waals surface area contributed by atoms with Gasteiger partial charge in [0.1, 0.15) is 16.9 Å². The topological polar surface area (TPSA) is 89.5 Å². The average Bonchev–Trinajstić information content (AvgIpc) is 3.63. The summed E-state index contributed by atoms with van der Waals surface area (Å²) in [5.41, 5.74) is -0.651. The lowest BCUT2D eigenvalue weighted by Gasteiger charge is -2.42. The van der Waals surface area contributed by atoms with Crippen LogP contribution in [0.1, 0.15) is 46.5 Å². The fourth-order valence-electron chi connectivity index (χ4n) is 6.33. The van der Waals surface area contributed by atoms with Crippen LogP contribution in [0.5, 0.6) is 11.8 Å². The van der Waals surface area contributed by atoms with Crippen molar-refractivity contribution < 1.29 is 32.5 Å². The summed E-state index contributed by atoms with van der Waals surface area (Å²) in [6.07, 6.45) is 3.33. The maximum absolute atomic E-state index is 15.2. The minimum atomic E-state index is -0.825. The number of hydrogen-bond acceptors (Lipinski definition) is 9. The quantitative estimate of drug-likeness (QED) is 0.486. The van der Waals surface area contributed by atoms with Crippen LogP contribution in [-0.4, -0.2) is 103 Å². The zero-order chi connectivity index (χ0) is 28.9. The molecule has 6 rings (SSSR count). The second kappa shape index (κ2) is 10.7. The molecule has 1 aromatic carbocycles. The normalized spacial score (nSPS) is 24.0. The first-order valence-electron chi connectivity index (χ1n) is 14.5. The second-order valence-electron chi connectivity index (χ2n) is 12.8. The van der Waals surface area contributed by atoms with E-state index in [1.54, 1.807) is 0 Å². The average molecular weight is 576 g/mol. The van der Waals surface area contributed by atoms with E-state index in [0.717, 1.165) is 64.6 Å². The van der Waals surface area contributed by atoms with Gasteiger partial charge in [0.15, 0.2) is 17.4 Å². The van der Waals surface area contributed by atoms with Gasteiger partial charge < -0.3 is 23.8 Å². The molecule has 224 valence electrons. The van der Waals surface area contributed by atoms with Crippen LogP contribution in [0.3, 0.4) is 0 Å². The Morgan fingerprint density at radius 2 is 1.78 bits per heavy atom. The lowest BCUT2D eigenvalue weighted by atomic mass is 10.1. The lowest BCUT2D eigenvalue weighted by Crippen LogP contribution is -2.57. The Bertz CT molecular complexity index is 1300. The van der Waals surface area contributed by atoms with Gasteiger partial charge in [-0.1, -0.05) is 0 Å². The summed E-state index contributed by atoms with van der Waals surface area (Å²) in [4.78, 5) is 28.3. The molecule has 4 fully saturated rings. The number of methoxy groups -OCH3 is 1. The monoisotopic (exact) mass is 575 g/mol. The highest BCUT2D eigenvalue weighted by Crippen LogP contribution is 2.47. The van der Waals surface area contributed by atoms with Crippen LogP contribution < -0.4 is 14.4 Å². The third-order valence-corrected chi connectivity index (χ3v) is 8.51. The molecular formula is C29H39F2N5O5. The molecule has 41 heavy (non-hydrogen) atoms. The summed E-state index contributed by atoms with van der Waals surface area (Å²) in [5, 5.41) is 0.164. The van der Waals surface area contributed by atoms with Crippen molar-refractivity contribution >= 4 is 22.8 Å². The van der Waals surface area contributed by atoms with Crippen LogP contribution >= 0.6 is 0 Å². The van der Waals surface area contributed by atoms with Crippen molar-refractivity contribution in [2.45, 2.75) is 64.1 Å². The van der Waals surface area contributed by atoms with Crippen LogP contribution in [0.15, 0.2) is 6.07 Å². The molecule has 0 N–H and O–H groups in total. The van der Waals surface area contributed by atoms with Crippen molar-refractivity contribution in [2.75, 3.05) is 64.6 Å². The molecule has 4 aliphatic rings. The molecule has 4 heterocycles. The third-order valence-electron chi connectivity index (χ3n) is 8.51. The number of amides is 1. The van der Waals surface area contributed by atoms with Gasteiger partial charge in [-0.25, -0.2) is 13.6 Å². The van der Waals surface area contributed by atoms with Crippen molar-refractivity contribution in [2.24, 2.45) is 5.41 Å². The smallest absolute Gasteiger partial charge is 0.410 e. The van der Waals surface area contributed by atoms with Crippen LogP contribution in [0.2, 0.25) is 0 Å². The number of benzene rings is 1. The van der Waals surface area contributed by atoms with Crippen LogP contribution in [0.25, 0.3) is 10.9 Å². The van der Waals surface area contributed by atoms with Gasteiger partial charge in [-0.2, -0.15) is 9.97 Å². The first-order chi connectivity index (χ1) is 19.6. The summed E-state index contributed by atoms with van der Waals surface area (Å²) < 4.78 is 52.8. The Morgan fingerprint density at radius 3 is 2.39 bits per heavy atom. The standard InChI is InChI=1S/C29H39F2N5O5/c1-28(2,3)41-27(37)36-18-5-6-19(36)15-35(14-18)25-22-23(20(30)13-21(31)24(22)38-4)32-26(33-25)40-17-29(7-8-29)16-34-9-11-39-12-10-34/h13,18-19H,5-12,14-17H2,1-4H3. The zero-order valence-corrected chi connectivity index (χ0v) is 24.3. The molecule has 2 unspecified atom stereocenters. The van der Waals surface area contributed by atoms with E-state index >= 15 is 4.39 Å². The van der Waals surface area contributed by atoms with Crippen molar-refractivity contribution in [3.05, 3.63) is 17.7 Å².